The fourth-order valence-corrected chi connectivity index (χ4v) is 2.18. The summed E-state index contributed by atoms with van der Waals surface area (Å²) >= 11 is 0. The molecule has 0 aliphatic carbocycles. The summed E-state index contributed by atoms with van der Waals surface area (Å²) in [6, 6.07) is 1.89. The number of aromatic nitrogens is 1. The van der Waals surface area contributed by atoms with E-state index in [4.69, 9.17) is 4.52 Å². The Labute approximate surface area is 94.8 Å². The number of nitrogens with zero attached hydrogens (tertiary/aromatic N) is 2. The minimum Gasteiger partial charge on any atom is -0.351 e. The van der Waals surface area contributed by atoms with E-state index in [1.54, 1.807) is 6.07 Å². The summed E-state index contributed by atoms with van der Waals surface area (Å²) in [5.74, 6) is 0.292. The summed E-state index contributed by atoms with van der Waals surface area (Å²) in [4.78, 5) is 14.0. The van der Waals surface area contributed by atoms with Crippen molar-refractivity contribution in [2.24, 2.45) is 0 Å². The van der Waals surface area contributed by atoms with Crippen molar-refractivity contribution in [3.63, 3.8) is 0 Å². The van der Waals surface area contributed by atoms with Crippen LogP contribution in [-0.4, -0.2) is 42.1 Å². The van der Waals surface area contributed by atoms with Crippen LogP contribution < -0.4 is 5.32 Å². The van der Waals surface area contributed by atoms with Crippen LogP contribution in [0.5, 0.6) is 0 Å². The van der Waals surface area contributed by atoms with Crippen molar-refractivity contribution < 1.29 is 9.32 Å². The van der Waals surface area contributed by atoms with E-state index < -0.39 is 0 Å². The average molecular weight is 223 g/mol. The number of rotatable bonds is 3. The van der Waals surface area contributed by atoms with Crippen LogP contribution in [0.3, 0.4) is 0 Å². The smallest absolute Gasteiger partial charge is 0.292 e. The molecule has 2 rings (SSSR count). The molecular formula is C11H17N3O2. The SMILES string of the molecule is CNCC1CCCCN1C(=O)c1ccno1. The largest absolute Gasteiger partial charge is 0.351 e. The quantitative estimate of drug-likeness (QED) is 0.826. The van der Waals surface area contributed by atoms with Crippen LogP contribution in [0.15, 0.2) is 16.8 Å². The standard InChI is InChI=1S/C11H17N3O2/c1-12-8-9-4-2-3-7-14(9)11(15)10-5-6-13-16-10/h5-6,9,12H,2-4,7-8H2,1H3. The first kappa shape index (κ1) is 11.1. The lowest BCUT2D eigenvalue weighted by molar-refractivity contribution is 0.0573. The lowest BCUT2D eigenvalue weighted by Crippen LogP contribution is -2.47. The van der Waals surface area contributed by atoms with E-state index in [0.29, 0.717) is 5.76 Å². The van der Waals surface area contributed by atoms with E-state index in [0.717, 1.165) is 25.9 Å². The van der Waals surface area contributed by atoms with Gasteiger partial charge in [0.1, 0.15) is 0 Å². The molecule has 1 N–H and O–H groups in total. The molecule has 0 saturated carbocycles. The van der Waals surface area contributed by atoms with Gasteiger partial charge in [-0.15, -0.1) is 0 Å². The molecule has 16 heavy (non-hydrogen) atoms. The summed E-state index contributed by atoms with van der Waals surface area (Å²) in [7, 11) is 1.91. The molecule has 1 atom stereocenters. The Balaban J connectivity index is 2.08. The van der Waals surface area contributed by atoms with E-state index in [9.17, 15) is 4.79 Å². The maximum absolute atomic E-state index is 12.1. The van der Waals surface area contributed by atoms with Gasteiger partial charge in [-0.1, -0.05) is 5.16 Å². The minimum absolute atomic E-state index is 0.0440. The van der Waals surface area contributed by atoms with Gasteiger partial charge in [-0.25, -0.2) is 0 Å². The number of carbonyl (C=O) groups is 1. The normalized spacial score (nSPS) is 21.1. The zero-order valence-corrected chi connectivity index (χ0v) is 9.48. The molecule has 1 aliphatic rings. The Morgan fingerprint density at radius 2 is 2.56 bits per heavy atom. The summed E-state index contributed by atoms with van der Waals surface area (Å²) in [5.41, 5.74) is 0. The molecular weight excluding hydrogens is 206 g/mol. The molecule has 2 heterocycles. The van der Waals surface area contributed by atoms with E-state index in [-0.39, 0.29) is 11.9 Å². The molecule has 88 valence electrons. The van der Waals surface area contributed by atoms with Crippen LogP contribution in [0, 0.1) is 0 Å². The Hall–Kier alpha value is -1.36. The molecule has 1 unspecified atom stereocenters. The number of nitrogens with one attached hydrogen (secondary N) is 1. The Morgan fingerprint density at radius 1 is 1.69 bits per heavy atom. The molecule has 1 aromatic heterocycles. The highest BCUT2D eigenvalue weighted by molar-refractivity contribution is 5.91. The maximum atomic E-state index is 12.1. The van der Waals surface area contributed by atoms with Gasteiger partial charge in [-0.3, -0.25) is 4.79 Å². The van der Waals surface area contributed by atoms with Gasteiger partial charge in [0, 0.05) is 25.2 Å². The van der Waals surface area contributed by atoms with Gasteiger partial charge in [0.15, 0.2) is 0 Å². The molecule has 5 heteroatoms. The Kier molecular flexibility index (Phi) is 3.56. The third kappa shape index (κ3) is 2.24. The highest BCUT2D eigenvalue weighted by Gasteiger charge is 2.28. The average Bonchev–Trinajstić information content (AvgIpc) is 2.83. The van der Waals surface area contributed by atoms with E-state index in [2.05, 4.69) is 10.5 Å². The highest BCUT2D eigenvalue weighted by Crippen LogP contribution is 2.19. The van der Waals surface area contributed by atoms with Crippen molar-refractivity contribution in [1.29, 1.82) is 0 Å². The first-order valence-corrected chi connectivity index (χ1v) is 5.69. The predicted molar refractivity (Wildman–Crippen MR) is 59.1 cm³/mol. The molecule has 1 fully saturated rings. The van der Waals surface area contributed by atoms with Gasteiger partial charge < -0.3 is 14.7 Å². The fourth-order valence-electron chi connectivity index (χ4n) is 2.18. The molecule has 1 aromatic rings. The predicted octanol–water partition coefficient (Wildman–Crippen LogP) is 0.889. The lowest BCUT2D eigenvalue weighted by Gasteiger charge is -2.34. The molecule has 1 saturated heterocycles. The summed E-state index contributed by atoms with van der Waals surface area (Å²) in [6.07, 6.45) is 4.82. The molecule has 0 aromatic carbocycles. The molecule has 0 radical (unpaired) electrons. The maximum Gasteiger partial charge on any atom is 0.292 e. The van der Waals surface area contributed by atoms with Crippen molar-refractivity contribution in [3.05, 3.63) is 18.0 Å². The summed E-state index contributed by atoms with van der Waals surface area (Å²) in [6.45, 7) is 1.64. The van der Waals surface area contributed by atoms with Gasteiger partial charge in [0.2, 0.25) is 5.76 Å². The number of piperidine rings is 1. The lowest BCUT2D eigenvalue weighted by atomic mass is 10.0. The van der Waals surface area contributed by atoms with Crippen molar-refractivity contribution >= 4 is 5.91 Å². The first-order chi connectivity index (χ1) is 7.83. The summed E-state index contributed by atoms with van der Waals surface area (Å²) < 4.78 is 4.91. The second-order valence-corrected chi connectivity index (χ2v) is 4.08. The highest BCUT2D eigenvalue weighted by atomic mass is 16.5. The van der Waals surface area contributed by atoms with E-state index in [1.165, 1.54) is 12.6 Å². The molecule has 1 aliphatic heterocycles. The zero-order valence-electron chi connectivity index (χ0n) is 9.48. The molecule has 1 amide bonds. The Bertz CT molecular complexity index is 335. The number of carbonyl (C=O) groups excluding carboxylic acids is 1. The molecule has 0 spiro atoms. The van der Waals surface area contributed by atoms with Crippen LogP contribution >= 0.6 is 0 Å². The number of hydrogen-bond acceptors (Lipinski definition) is 4. The first-order valence-electron chi connectivity index (χ1n) is 5.69. The zero-order chi connectivity index (χ0) is 11.4. The van der Waals surface area contributed by atoms with E-state index >= 15 is 0 Å². The van der Waals surface area contributed by atoms with Crippen molar-refractivity contribution in [2.75, 3.05) is 20.1 Å². The monoisotopic (exact) mass is 223 g/mol. The number of likely N-dealkylation sites (N-methyl/N-ethyl adjacent to an activating group) is 1. The van der Waals surface area contributed by atoms with Gasteiger partial charge in [-0.05, 0) is 26.3 Å². The van der Waals surface area contributed by atoms with Crippen molar-refractivity contribution in [1.82, 2.24) is 15.4 Å². The third-order valence-corrected chi connectivity index (χ3v) is 2.98. The molecule has 5 nitrogen and oxygen atoms in total. The second kappa shape index (κ2) is 5.12. The number of likely N-dealkylation sites (tertiary alicyclic amines) is 1. The molecule has 0 bridgehead atoms. The van der Waals surface area contributed by atoms with Crippen LogP contribution in [0.1, 0.15) is 29.8 Å². The van der Waals surface area contributed by atoms with Crippen molar-refractivity contribution in [3.8, 4) is 0 Å². The summed E-state index contributed by atoms with van der Waals surface area (Å²) in [5, 5.41) is 6.70. The van der Waals surface area contributed by atoms with Gasteiger partial charge >= 0.3 is 0 Å². The van der Waals surface area contributed by atoms with Crippen molar-refractivity contribution in [2.45, 2.75) is 25.3 Å². The second-order valence-electron chi connectivity index (χ2n) is 4.08. The van der Waals surface area contributed by atoms with E-state index in [1.807, 2.05) is 11.9 Å². The fraction of sp³-hybridized carbons (Fsp3) is 0.636. The Morgan fingerprint density at radius 3 is 3.25 bits per heavy atom. The minimum atomic E-state index is -0.0440. The van der Waals surface area contributed by atoms with Crippen LogP contribution in [0.4, 0.5) is 0 Å². The topological polar surface area (TPSA) is 58.4 Å². The number of amides is 1. The number of hydrogen-bond donors (Lipinski definition) is 1. The third-order valence-electron chi connectivity index (χ3n) is 2.98. The van der Waals surface area contributed by atoms with Gasteiger partial charge in [-0.2, -0.15) is 0 Å². The van der Waals surface area contributed by atoms with Crippen LogP contribution in [0.25, 0.3) is 0 Å². The van der Waals surface area contributed by atoms with Gasteiger partial charge in [0.25, 0.3) is 5.91 Å². The van der Waals surface area contributed by atoms with Crippen LogP contribution in [0.2, 0.25) is 0 Å². The van der Waals surface area contributed by atoms with Gasteiger partial charge in [0.05, 0.1) is 6.20 Å². The van der Waals surface area contributed by atoms with Crippen LogP contribution in [-0.2, 0) is 0 Å².